The molecular weight excluding hydrogens is 513 g/mol. The lowest BCUT2D eigenvalue weighted by Crippen LogP contribution is -2.53. The molecule has 0 spiro atoms. The fraction of sp³-hybridized carbons (Fsp3) is 0.500. The Labute approximate surface area is 236 Å². The highest BCUT2D eigenvalue weighted by molar-refractivity contribution is 6.03. The van der Waals surface area contributed by atoms with E-state index in [-0.39, 0.29) is 18.1 Å². The van der Waals surface area contributed by atoms with E-state index >= 15 is 0 Å². The van der Waals surface area contributed by atoms with Gasteiger partial charge >= 0.3 is 0 Å². The number of anilines is 4. The maximum absolute atomic E-state index is 13.1. The van der Waals surface area contributed by atoms with Gasteiger partial charge in [0.1, 0.15) is 11.6 Å². The van der Waals surface area contributed by atoms with Crippen LogP contribution in [-0.4, -0.2) is 80.8 Å². The molecule has 1 atom stereocenters. The topological polar surface area (TPSA) is 124 Å². The number of halogens is 1. The van der Waals surface area contributed by atoms with Gasteiger partial charge in [-0.05, 0) is 19.1 Å². The van der Waals surface area contributed by atoms with Gasteiger partial charge in [-0.25, -0.2) is 29.3 Å². The molecule has 3 aromatic rings. The van der Waals surface area contributed by atoms with Crippen LogP contribution in [0.15, 0.2) is 43.1 Å². The van der Waals surface area contributed by atoms with Gasteiger partial charge in [-0.1, -0.05) is 41.5 Å². The van der Waals surface area contributed by atoms with Crippen molar-refractivity contribution in [3.63, 3.8) is 0 Å². The number of aliphatic hydroxyl groups excluding tert-OH is 1. The number of piperazine rings is 1. The first kappa shape index (κ1) is 32.3. The van der Waals surface area contributed by atoms with Crippen LogP contribution in [-0.2, 0) is 0 Å². The Kier molecular flexibility index (Phi) is 13.1. The minimum atomic E-state index is -0.460. The van der Waals surface area contributed by atoms with Crippen LogP contribution in [0.1, 0.15) is 58.8 Å². The molecule has 2 aliphatic rings. The monoisotopic (exact) mass is 555 g/mol. The van der Waals surface area contributed by atoms with Crippen molar-refractivity contribution in [1.82, 2.24) is 24.9 Å². The number of pyridine rings is 1. The molecule has 5 rings (SSSR count). The minimum absolute atomic E-state index is 0.106. The van der Waals surface area contributed by atoms with Crippen LogP contribution >= 0.6 is 0 Å². The lowest BCUT2D eigenvalue weighted by atomic mass is 10.1. The van der Waals surface area contributed by atoms with E-state index < -0.39 is 5.82 Å². The largest absolute Gasteiger partial charge is 0.389 e. The summed E-state index contributed by atoms with van der Waals surface area (Å²) in [6, 6.07) is 3.55. The maximum atomic E-state index is 13.1. The zero-order valence-corrected chi connectivity index (χ0v) is 24.5. The average molecular weight is 556 g/mol. The molecule has 2 fully saturated rings. The molecule has 0 radical (unpaired) electrons. The average Bonchev–Trinajstić information content (AvgIpc) is 2.99. The second kappa shape index (κ2) is 16.2. The summed E-state index contributed by atoms with van der Waals surface area (Å²) in [5.74, 6) is 1.49. The standard InChI is InChI=1S/C22H24FN9O2.3C2H6/c1-14-11-30(22-27-7-16(23)8-28-22)4-5-32(14)20-10-24-18(9-26-20)29-21(34)15-2-3-19(25-6-15)31-12-17(33)13-31;3*1-2/h2-3,6-10,14,17,33H,4-5,11-13H2,1H3,(H,24,29,34);3*1-2H3/t14-;;;/m0.../s1. The van der Waals surface area contributed by atoms with Gasteiger partial charge < -0.3 is 25.1 Å². The normalized spacial score (nSPS) is 16.2. The Morgan fingerprint density at radius 2 is 1.48 bits per heavy atom. The molecule has 2 N–H and O–H groups in total. The van der Waals surface area contributed by atoms with Crippen molar-refractivity contribution in [1.29, 1.82) is 0 Å². The molecule has 12 heteroatoms. The van der Waals surface area contributed by atoms with E-state index in [4.69, 9.17) is 0 Å². The quantitative estimate of drug-likeness (QED) is 0.477. The molecular formula is C28H42FN9O2. The number of carbonyl (C=O) groups excluding carboxylic acids is 1. The number of aromatic nitrogens is 5. The SMILES string of the molecule is CC.CC.CC.C[C@H]1CN(c2ncc(F)cn2)CCN1c1cnc(NC(=O)c2ccc(N3CC(O)C3)nc2)cn1. The number of nitrogens with zero attached hydrogens (tertiary/aromatic N) is 8. The number of carbonyl (C=O) groups is 1. The van der Waals surface area contributed by atoms with E-state index in [0.717, 1.165) is 5.82 Å². The number of aliphatic hydroxyl groups is 1. The Morgan fingerprint density at radius 3 is 2.00 bits per heavy atom. The summed E-state index contributed by atoms with van der Waals surface area (Å²) in [7, 11) is 0. The van der Waals surface area contributed by atoms with Crippen LogP contribution < -0.4 is 20.0 Å². The lowest BCUT2D eigenvalue weighted by molar-refractivity contribution is 0.102. The highest BCUT2D eigenvalue weighted by Crippen LogP contribution is 2.21. The van der Waals surface area contributed by atoms with E-state index in [0.29, 0.717) is 55.9 Å². The number of hydrogen-bond donors (Lipinski definition) is 2. The van der Waals surface area contributed by atoms with E-state index in [1.165, 1.54) is 24.8 Å². The first-order valence-corrected chi connectivity index (χ1v) is 14.0. The highest BCUT2D eigenvalue weighted by atomic mass is 19.1. The van der Waals surface area contributed by atoms with Crippen molar-refractivity contribution in [2.45, 2.75) is 60.6 Å². The molecule has 40 heavy (non-hydrogen) atoms. The first-order chi connectivity index (χ1) is 19.5. The third-order valence-electron chi connectivity index (χ3n) is 5.89. The Balaban J connectivity index is 0.000000876. The van der Waals surface area contributed by atoms with Gasteiger partial charge in [0.2, 0.25) is 5.95 Å². The van der Waals surface area contributed by atoms with Gasteiger partial charge in [0.15, 0.2) is 11.6 Å². The van der Waals surface area contributed by atoms with Gasteiger partial charge in [-0.15, -0.1) is 0 Å². The molecule has 3 aromatic heterocycles. The molecule has 0 unspecified atom stereocenters. The van der Waals surface area contributed by atoms with Crippen molar-refractivity contribution in [3.8, 4) is 0 Å². The van der Waals surface area contributed by atoms with Crippen LogP contribution in [0.3, 0.4) is 0 Å². The Morgan fingerprint density at radius 1 is 0.825 bits per heavy atom. The molecule has 11 nitrogen and oxygen atoms in total. The molecule has 218 valence electrons. The molecule has 1 amide bonds. The third kappa shape index (κ3) is 8.28. The molecule has 0 aromatic carbocycles. The smallest absolute Gasteiger partial charge is 0.258 e. The third-order valence-corrected chi connectivity index (χ3v) is 5.89. The van der Waals surface area contributed by atoms with E-state index in [1.807, 2.05) is 51.3 Å². The molecule has 5 heterocycles. The summed E-state index contributed by atoms with van der Waals surface area (Å²) in [6.45, 7) is 17.2. The van der Waals surface area contributed by atoms with Gasteiger partial charge in [0.05, 0.1) is 36.5 Å². The predicted octanol–water partition coefficient (Wildman–Crippen LogP) is 4.03. The highest BCUT2D eigenvalue weighted by Gasteiger charge is 2.27. The number of hydrogen-bond acceptors (Lipinski definition) is 10. The summed E-state index contributed by atoms with van der Waals surface area (Å²) in [5.41, 5.74) is 0.406. The minimum Gasteiger partial charge on any atom is -0.389 e. The Bertz CT molecular complexity index is 1140. The van der Waals surface area contributed by atoms with E-state index in [2.05, 4.69) is 42.1 Å². The van der Waals surface area contributed by atoms with Crippen LogP contribution in [0.2, 0.25) is 0 Å². The molecule has 0 saturated carbocycles. The van der Waals surface area contributed by atoms with Crippen LogP contribution in [0.25, 0.3) is 0 Å². The molecule has 2 saturated heterocycles. The second-order valence-electron chi connectivity index (χ2n) is 8.37. The summed E-state index contributed by atoms with van der Waals surface area (Å²) in [6.07, 6.45) is 6.68. The van der Waals surface area contributed by atoms with Crippen molar-refractivity contribution >= 4 is 29.3 Å². The number of β-amino-alcohol motifs (C(OH)–C–C–N with tert-alkyl or cyclic N) is 1. The van der Waals surface area contributed by atoms with Crippen molar-refractivity contribution in [2.75, 3.05) is 52.7 Å². The summed E-state index contributed by atoms with van der Waals surface area (Å²) in [4.78, 5) is 39.8. The predicted molar refractivity (Wildman–Crippen MR) is 157 cm³/mol. The summed E-state index contributed by atoms with van der Waals surface area (Å²) < 4.78 is 13.1. The number of rotatable bonds is 5. The van der Waals surface area contributed by atoms with Crippen LogP contribution in [0.5, 0.6) is 0 Å². The second-order valence-corrected chi connectivity index (χ2v) is 8.37. The fourth-order valence-corrected chi connectivity index (χ4v) is 4.02. The van der Waals surface area contributed by atoms with Crippen molar-refractivity contribution in [3.05, 3.63) is 54.5 Å². The Hall–Kier alpha value is -3.93. The van der Waals surface area contributed by atoms with Gasteiger partial charge in [-0.3, -0.25) is 4.79 Å². The van der Waals surface area contributed by atoms with Crippen LogP contribution in [0, 0.1) is 5.82 Å². The van der Waals surface area contributed by atoms with E-state index in [1.54, 1.807) is 18.3 Å². The number of amides is 1. The zero-order chi connectivity index (χ0) is 29.7. The van der Waals surface area contributed by atoms with E-state index in [9.17, 15) is 14.3 Å². The molecule has 2 aliphatic heterocycles. The van der Waals surface area contributed by atoms with Gasteiger partial charge in [-0.2, -0.15) is 0 Å². The number of nitrogens with one attached hydrogen (secondary N) is 1. The molecule has 0 aliphatic carbocycles. The van der Waals surface area contributed by atoms with Crippen LogP contribution in [0.4, 0.5) is 27.8 Å². The zero-order valence-electron chi connectivity index (χ0n) is 24.5. The lowest BCUT2D eigenvalue weighted by Gasteiger charge is -2.40. The van der Waals surface area contributed by atoms with Crippen molar-refractivity contribution < 1.29 is 14.3 Å². The summed E-state index contributed by atoms with van der Waals surface area (Å²) in [5, 5.41) is 12.1. The first-order valence-electron chi connectivity index (χ1n) is 14.0. The maximum Gasteiger partial charge on any atom is 0.258 e. The summed E-state index contributed by atoms with van der Waals surface area (Å²) >= 11 is 0. The fourth-order valence-electron chi connectivity index (χ4n) is 4.02. The van der Waals surface area contributed by atoms with Crippen molar-refractivity contribution in [2.24, 2.45) is 0 Å². The molecule has 0 bridgehead atoms. The van der Waals surface area contributed by atoms with Gasteiger partial charge in [0, 0.05) is 45.0 Å². The van der Waals surface area contributed by atoms with Gasteiger partial charge in [0.25, 0.3) is 5.91 Å².